The van der Waals surface area contributed by atoms with Crippen LogP contribution in [0.1, 0.15) is 70.1 Å². The fraction of sp³-hybridized carbons (Fsp3) is 0.565. The van der Waals surface area contributed by atoms with Crippen molar-refractivity contribution >= 4 is 17.5 Å². The third kappa shape index (κ3) is 4.71. The molecule has 1 saturated carbocycles. The first-order valence-corrected chi connectivity index (χ1v) is 11.2. The second-order valence-corrected chi connectivity index (χ2v) is 8.37. The maximum Gasteiger partial charge on any atom is 0.230 e. The van der Waals surface area contributed by atoms with Crippen molar-refractivity contribution < 1.29 is 14.1 Å². The molecule has 160 valence electrons. The van der Waals surface area contributed by atoms with E-state index in [1.165, 1.54) is 19.3 Å². The molecule has 2 fully saturated rings. The monoisotopic (exact) mass is 410 g/mol. The number of nitrogens with zero attached hydrogens (tertiary/aromatic N) is 3. The van der Waals surface area contributed by atoms with Gasteiger partial charge in [-0.1, -0.05) is 43.5 Å². The Bertz CT molecular complexity index is 880. The molecule has 0 spiro atoms. The molecule has 1 aliphatic heterocycles. The number of anilines is 1. The van der Waals surface area contributed by atoms with Crippen molar-refractivity contribution in [3.8, 4) is 11.4 Å². The van der Waals surface area contributed by atoms with Gasteiger partial charge in [-0.2, -0.15) is 4.98 Å². The number of carbonyl (C=O) groups is 2. The lowest BCUT2D eigenvalue weighted by molar-refractivity contribution is -0.137. The molecule has 1 aromatic carbocycles. The van der Waals surface area contributed by atoms with E-state index in [4.69, 9.17) is 4.52 Å². The Hall–Kier alpha value is -2.70. The van der Waals surface area contributed by atoms with Crippen LogP contribution in [0.5, 0.6) is 0 Å². The molecule has 0 unspecified atom stereocenters. The van der Waals surface area contributed by atoms with E-state index in [-0.39, 0.29) is 17.7 Å². The molecule has 2 heterocycles. The number of rotatable bonds is 5. The molecule has 2 amide bonds. The van der Waals surface area contributed by atoms with Crippen molar-refractivity contribution in [2.45, 2.75) is 64.2 Å². The van der Waals surface area contributed by atoms with E-state index in [0.29, 0.717) is 24.0 Å². The van der Waals surface area contributed by atoms with Gasteiger partial charge >= 0.3 is 0 Å². The van der Waals surface area contributed by atoms with Crippen molar-refractivity contribution in [3.05, 3.63) is 30.2 Å². The molecule has 1 aliphatic carbocycles. The van der Waals surface area contributed by atoms with Crippen molar-refractivity contribution in [1.82, 2.24) is 15.0 Å². The summed E-state index contributed by atoms with van der Waals surface area (Å²) in [4.78, 5) is 31.0. The van der Waals surface area contributed by atoms with Gasteiger partial charge < -0.3 is 14.7 Å². The number of likely N-dealkylation sites (tertiary alicyclic amines) is 1. The Morgan fingerprint density at radius 3 is 2.63 bits per heavy atom. The Kier molecular flexibility index (Phi) is 6.45. The largest absolute Gasteiger partial charge is 0.342 e. The van der Waals surface area contributed by atoms with Gasteiger partial charge in [-0.05, 0) is 37.8 Å². The summed E-state index contributed by atoms with van der Waals surface area (Å²) in [7, 11) is 0. The van der Waals surface area contributed by atoms with Crippen molar-refractivity contribution in [1.29, 1.82) is 0 Å². The van der Waals surface area contributed by atoms with E-state index < -0.39 is 0 Å². The van der Waals surface area contributed by atoms with E-state index in [1.54, 1.807) is 0 Å². The third-order valence-electron chi connectivity index (χ3n) is 6.28. The first-order valence-electron chi connectivity index (χ1n) is 11.2. The molecule has 4 rings (SSSR count). The Labute approximate surface area is 177 Å². The van der Waals surface area contributed by atoms with Gasteiger partial charge in [0.05, 0.1) is 0 Å². The van der Waals surface area contributed by atoms with Gasteiger partial charge in [0.25, 0.3) is 0 Å². The zero-order valence-electron chi connectivity index (χ0n) is 17.6. The SMILES string of the molecule is CCC(=O)Nc1cccc(-c2noc(C3CCN(C(=O)C4CCCCC4)CC3)n2)c1. The highest BCUT2D eigenvalue weighted by Crippen LogP contribution is 2.31. The molecule has 7 nitrogen and oxygen atoms in total. The van der Waals surface area contributed by atoms with Crippen molar-refractivity contribution in [3.63, 3.8) is 0 Å². The van der Waals surface area contributed by atoms with Crippen molar-refractivity contribution in [2.24, 2.45) is 5.92 Å². The molecule has 1 saturated heterocycles. The molecule has 2 aromatic rings. The molecule has 1 aromatic heterocycles. The predicted octanol–water partition coefficient (Wildman–Crippen LogP) is 4.37. The minimum absolute atomic E-state index is 0.0320. The molecule has 0 bridgehead atoms. The lowest BCUT2D eigenvalue weighted by Crippen LogP contribution is -2.41. The van der Waals surface area contributed by atoms with Crippen LogP contribution in [0.2, 0.25) is 0 Å². The molecule has 1 N–H and O–H groups in total. The van der Waals surface area contributed by atoms with Crippen LogP contribution in [0.25, 0.3) is 11.4 Å². The van der Waals surface area contributed by atoms with Gasteiger partial charge in [0.2, 0.25) is 23.5 Å². The molecule has 7 heteroatoms. The zero-order valence-corrected chi connectivity index (χ0v) is 17.6. The summed E-state index contributed by atoms with van der Waals surface area (Å²) < 4.78 is 5.56. The summed E-state index contributed by atoms with van der Waals surface area (Å²) in [5.74, 6) is 1.88. The van der Waals surface area contributed by atoms with Crippen LogP contribution in [0.3, 0.4) is 0 Å². The lowest BCUT2D eigenvalue weighted by Gasteiger charge is -2.34. The van der Waals surface area contributed by atoms with Crippen LogP contribution >= 0.6 is 0 Å². The van der Waals surface area contributed by atoms with Gasteiger partial charge in [-0.3, -0.25) is 9.59 Å². The Morgan fingerprint density at radius 1 is 1.13 bits per heavy atom. The standard InChI is InChI=1S/C23H30N4O3/c1-2-20(28)24-19-10-6-9-18(15-19)21-25-22(30-26-21)16-11-13-27(14-12-16)23(29)17-7-4-3-5-8-17/h6,9-10,15-17H,2-5,7-8,11-14H2,1H3,(H,24,28). The fourth-order valence-electron chi connectivity index (χ4n) is 4.46. The summed E-state index contributed by atoms with van der Waals surface area (Å²) in [5.41, 5.74) is 1.53. The first-order chi connectivity index (χ1) is 14.6. The number of amides is 2. The van der Waals surface area contributed by atoms with Gasteiger partial charge in [-0.15, -0.1) is 0 Å². The molecule has 30 heavy (non-hydrogen) atoms. The summed E-state index contributed by atoms with van der Waals surface area (Å²) in [6.45, 7) is 3.34. The highest BCUT2D eigenvalue weighted by molar-refractivity contribution is 5.91. The van der Waals surface area contributed by atoms with E-state index in [1.807, 2.05) is 36.1 Å². The maximum atomic E-state index is 12.8. The lowest BCUT2D eigenvalue weighted by atomic mass is 9.87. The highest BCUT2D eigenvalue weighted by atomic mass is 16.5. The number of piperidine rings is 1. The van der Waals surface area contributed by atoms with Crippen LogP contribution in [-0.4, -0.2) is 39.9 Å². The van der Waals surface area contributed by atoms with Gasteiger partial charge in [0.1, 0.15) is 0 Å². The number of nitrogens with one attached hydrogen (secondary N) is 1. The average Bonchev–Trinajstić information content (AvgIpc) is 3.30. The Morgan fingerprint density at radius 2 is 1.90 bits per heavy atom. The number of hydrogen-bond acceptors (Lipinski definition) is 5. The second-order valence-electron chi connectivity index (χ2n) is 8.37. The highest BCUT2D eigenvalue weighted by Gasteiger charge is 2.31. The quantitative estimate of drug-likeness (QED) is 0.791. The second kappa shape index (κ2) is 9.41. The number of benzene rings is 1. The average molecular weight is 411 g/mol. The smallest absolute Gasteiger partial charge is 0.230 e. The zero-order chi connectivity index (χ0) is 20.9. The summed E-state index contributed by atoms with van der Waals surface area (Å²) >= 11 is 0. The van der Waals surface area contributed by atoms with Crippen LogP contribution in [0, 0.1) is 5.92 Å². The minimum Gasteiger partial charge on any atom is -0.342 e. The molecule has 0 radical (unpaired) electrons. The van der Waals surface area contributed by atoms with Crippen LogP contribution in [0.15, 0.2) is 28.8 Å². The molecule has 2 aliphatic rings. The fourth-order valence-corrected chi connectivity index (χ4v) is 4.46. The minimum atomic E-state index is -0.0320. The third-order valence-corrected chi connectivity index (χ3v) is 6.28. The number of carbonyl (C=O) groups excluding carboxylic acids is 2. The predicted molar refractivity (Wildman–Crippen MR) is 114 cm³/mol. The van der Waals surface area contributed by atoms with Crippen LogP contribution < -0.4 is 5.32 Å². The van der Waals surface area contributed by atoms with Gasteiger partial charge in [0, 0.05) is 42.6 Å². The Balaban J connectivity index is 1.36. The summed E-state index contributed by atoms with van der Waals surface area (Å²) in [6, 6.07) is 7.47. The topological polar surface area (TPSA) is 88.3 Å². The van der Waals surface area contributed by atoms with Crippen LogP contribution in [0.4, 0.5) is 5.69 Å². The van der Waals surface area contributed by atoms with Gasteiger partial charge in [-0.25, -0.2) is 0 Å². The molecular weight excluding hydrogens is 380 g/mol. The van der Waals surface area contributed by atoms with E-state index in [0.717, 1.165) is 50.0 Å². The van der Waals surface area contributed by atoms with Crippen LogP contribution in [-0.2, 0) is 9.59 Å². The molecule has 0 atom stereocenters. The van der Waals surface area contributed by atoms with Crippen molar-refractivity contribution in [2.75, 3.05) is 18.4 Å². The van der Waals surface area contributed by atoms with Gasteiger partial charge in [0.15, 0.2) is 0 Å². The van der Waals surface area contributed by atoms with E-state index in [2.05, 4.69) is 15.5 Å². The maximum absolute atomic E-state index is 12.8. The van der Waals surface area contributed by atoms with E-state index in [9.17, 15) is 9.59 Å². The summed E-state index contributed by atoms with van der Waals surface area (Å²) in [6.07, 6.45) is 7.85. The number of hydrogen-bond donors (Lipinski definition) is 1. The van der Waals surface area contributed by atoms with E-state index >= 15 is 0 Å². The molecular formula is C23H30N4O3. The normalized spacial score (nSPS) is 18.4. The number of aromatic nitrogens is 2. The first kappa shape index (κ1) is 20.6. The summed E-state index contributed by atoms with van der Waals surface area (Å²) in [5, 5.41) is 7.00.